The van der Waals surface area contributed by atoms with Crippen LogP contribution in [0.3, 0.4) is 0 Å². The summed E-state index contributed by atoms with van der Waals surface area (Å²) in [5, 5.41) is 9.98. The summed E-state index contributed by atoms with van der Waals surface area (Å²) in [5.41, 5.74) is 1.51. The zero-order valence-electron chi connectivity index (χ0n) is 19.9. The second-order valence-corrected chi connectivity index (χ2v) is 8.84. The molecule has 1 N–H and O–H groups in total. The van der Waals surface area contributed by atoms with E-state index < -0.39 is 5.97 Å². The van der Waals surface area contributed by atoms with Gasteiger partial charge in [0.25, 0.3) is 0 Å². The van der Waals surface area contributed by atoms with Crippen LogP contribution >= 0.6 is 0 Å². The number of carbonyl (C=O) groups excluding carboxylic acids is 1. The first-order valence-corrected chi connectivity index (χ1v) is 12.6. The van der Waals surface area contributed by atoms with E-state index in [1.807, 2.05) is 24.3 Å². The van der Waals surface area contributed by atoms with Crippen molar-refractivity contribution in [2.24, 2.45) is 0 Å². The van der Waals surface area contributed by atoms with Gasteiger partial charge in [-0.25, -0.2) is 0 Å². The van der Waals surface area contributed by atoms with Crippen LogP contribution in [0, 0.1) is 0 Å². The maximum Gasteiger partial charge on any atom is 0.307 e. The van der Waals surface area contributed by atoms with Gasteiger partial charge in [0.2, 0.25) is 5.91 Å². The first-order chi connectivity index (χ1) is 15.6. The van der Waals surface area contributed by atoms with Gasteiger partial charge in [-0.3, -0.25) is 14.2 Å². The summed E-state index contributed by atoms with van der Waals surface area (Å²) in [6.07, 6.45) is 22.9. The van der Waals surface area contributed by atoms with Gasteiger partial charge in [0, 0.05) is 18.0 Å². The van der Waals surface area contributed by atoms with Gasteiger partial charge in [-0.1, -0.05) is 88.6 Å². The molecule has 0 aliphatic carbocycles. The number of aliphatic carboxylic acids is 1. The zero-order chi connectivity index (χ0) is 23.0. The third-order valence-corrected chi connectivity index (χ3v) is 6.06. The molecule has 0 amide bonds. The molecule has 176 valence electrons. The molecule has 0 bridgehead atoms. The normalized spacial score (nSPS) is 11.5. The summed E-state index contributed by atoms with van der Waals surface area (Å²) in [6.45, 7) is 2.26. The molecule has 0 radical (unpaired) electrons. The fourth-order valence-electron chi connectivity index (χ4n) is 4.23. The first kappa shape index (κ1) is 25.9. The largest absolute Gasteiger partial charge is 0.481 e. The molecule has 0 saturated heterocycles. The minimum absolute atomic E-state index is 0.0514. The van der Waals surface area contributed by atoms with E-state index in [9.17, 15) is 9.59 Å². The van der Waals surface area contributed by atoms with E-state index in [1.54, 1.807) is 10.8 Å². The number of allylic oxidation sites excluding steroid dienone is 2. The summed E-state index contributed by atoms with van der Waals surface area (Å²) in [7, 11) is 0. The number of carboxylic acid groups (broad SMARTS) is 1. The predicted molar refractivity (Wildman–Crippen MR) is 133 cm³/mol. The molecule has 0 atom stereocenters. The Morgan fingerprint density at radius 1 is 0.844 bits per heavy atom. The van der Waals surface area contributed by atoms with Crippen molar-refractivity contribution in [3.8, 4) is 0 Å². The van der Waals surface area contributed by atoms with E-state index in [0.717, 1.165) is 36.6 Å². The third kappa shape index (κ3) is 9.42. The van der Waals surface area contributed by atoms with Gasteiger partial charge in [0.05, 0.1) is 11.9 Å². The molecule has 1 heterocycles. The maximum atomic E-state index is 12.7. The van der Waals surface area contributed by atoms with Crippen molar-refractivity contribution >= 4 is 22.8 Å². The van der Waals surface area contributed by atoms with Crippen LogP contribution in [0.2, 0.25) is 0 Å². The van der Waals surface area contributed by atoms with Crippen molar-refractivity contribution in [2.45, 2.75) is 103 Å². The molecule has 4 nitrogen and oxygen atoms in total. The number of carbonyl (C=O) groups is 2. The Bertz CT molecular complexity index is 849. The standard InChI is InChI=1S/C28H41NO3/c1-2-3-4-5-6-7-8-9-10-11-12-13-14-15-16-21-27(30)29-23-24(22-28(31)32)25-19-17-18-20-26(25)29/h9-10,17-20,23H,2-8,11-16,21-22H2,1H3,(H,31,32)/b10-9+. The number of aromatic nitrogens is 1. The lowest BCUT2D eigenvalue weighted by Crippen LogP contribution is -2.09. The number of fused-ring (bicyclic) bond motifs is 1. The van der Waals surface area contributed by atoms with E-state index in [2.05, 4.69) is 19.1 Å². The zero-order valence-corrected chi connectivity index (χ0v) is 19.9. The number of hydrogen-bond donors (Lipinski definition) is 1. The first-order valence-electron chi connectivity index (χ1n) is 12.6. The van der Waals surface area contributed by atoms with E-state index in [0.29, 0.717) is 12.0 Å². The SMILES string of the molecule is CCCCCCCC/C=C/CCCCCCCC(=O)n1cc(CC(=O)O)c2ccccc21. The number of para-hydroxylation sites is 1. The second-order valence-electron chi connectivity index (χ2n) is 8.84. The number of nitrogens with zero attached hydrogens (tertiary/aromatic N) is 1. The van der Waals surface area contributed by atoms with Crippen LogP contribution in [-0.4, -0.2) is 21.6 Å². The minimum Gasteiger partial charge on any atom is -0.481 e. The third-order valence-electron chi connectivity index (χ3n) is 6.06. The van der Waals surface area contributed by atoms with Gasteiger partial charge in [-0.05, 0) is 43.7 Å². The van der Waals surface area contributed by atoms with Crippen molar-refractivity contribution in [2.75, 3.05) is 0 Å². The van der Waals surface area contributed by atoms with Crippen LogP contribution in [-0.2, 0) is 11.2 Å². The van der Waals surface area contributed by atoms with Gasteiger partial charge in [0.15, 0.2) is 0 Å². The van der Waals surface area contributed by atoms with E-state index in [4.69, 9.17) is 5.11 Å². The van der Waals surface area contributed by atoms with Gasteiger partial charge in [-0.15, -0.1) is 0 Å². The van der Waals surface area contributed by atoms with Crippen LogP contribution in [0.1, 0.15) is 107 Å². The highest BCUT2D eigenvalue weighted by atomic mass is 16.4. The smallest absolute Gasteiger partial charge is 0.307 e. The molecule has 0 aliphatic rings. The van der Waals surface area contributed by atoms with Crippen LogP contribution in [0.4, 0.5) is 0 Å². The lowest BCUT2D eigenvalue weighted by molar-refractivity contribution is -0.136. The molecular formula is C28H41NO3. The molecule has 0 unspecified atom stereocenters. The monoisotopic (exact) mass is 439 g/mol. The Morgan fingerprint density at radius 2 is 1.44 bits per heavy atom. The number of rotatable bonds is 17. The highest BCUT2D eigenvalue weighted by molar-refractivity contribution is 5.95. The van der Waals surface area contributed by atoms with Crippen LogP contribution in [0.5, 0.6) is 0 Å². The predicted octanol–water partition coefficient (Wildman–Crippen LogP) is 7.95. The highest BCUT2D eigenvalue weighted by Gasteiger charge is 2.14. The van der Waals surface area contributed by atoms with Crippen LogP contribution in [0.15, 0.2) is 42.6 Å². The van der Waals surface area contributed by atoms with Gasteiger partial charge in [0.1, 0.15) is 0 Å². The Labute approximate surface area is 193 Å². The number of unbranched alkanes of at least 4 members (excludes halogenated alkanes) is 11. The molecular weight excluding hydrogens is 398 g/mol. The molecule has 0 fully saturated rings. The van der Waals surface area contributed by atoms with E-state index >= 15 is 0 Å². The lowest BCUT2D eigenvalue weighted by Gasteiger charge is -2.04. The summed E-state index contributed by atoms with van der Waals surface area (Å²) in [5.74, 6) is -0.826. The van der Waals surface area contributed by atoms with Crippen molar-refractivity contribution in [1.82, 2.24) is 4.57 Å². The number of hydrogen-bond acceptors (Lipinski definition) is 2. The molecule has 2 aromatic rings. The Hall–Kier alpha value is -2.36. The topological polar surface area (TPSA) is 59.3 Å². The average Bonchev–Trinajstić information content (AvgIpc) is 3.14. The van der Waals surface area contributed by atoms with Crippen molar-refractivity contribution in [1.29, 1.82) is 0 Å². The molecule has 32 heavy (non-hydrogen) atoms. The molecule has 0 aliphatic heterocycles. The van der Waals surface area contributed by atoms with Crippen LogP contribution < -0.4 is 0 Å². The average molecular weight is 440 g/mol. The molecule has 0 spiro atoms. The summed E-state index contributed by atoms with van der Waals surface area (Å²) in [6, 6.07) is 7.54. The molecule has 4 heteroatoms. The second kappa shape index (κ2) is 15.4. The van der Waals surface area contributed by atoms with Crippen molar-refractivity contribution < 1.29 is 14.7 Å². The molecule has 1 aromatic carbocycles. The summed E-state index contributed by atoms with van der Waals surface area (Å²) in [4.78, 5) is 23.8. The fraction of sp³-hybridized carbons (Fsp3) is 0.571. The minimum atomic E-state index is -0.877. The summed E-state index contributed by atoms with van der Waals surface area (Å²) >= 11 is 0. The maximum absolute atomic E-state index is 12.7. The Kier molecular flexibility index (Phi) is 12.5. The van der Waals surface area contributed by atoms with Gasteiger partial charge < -0.3 is 5.11 Å². The Balaban J connectivity index is 1.58. The molecule has 1 aromatic heterocycles. The van der Waals surface area contributed by atoms with Crippen LogP contribution in [0.25, 0.3) is 10.9 Å². The quantitative estimate of drug-likeness (QED) is 0.201. The van der Waals surface area contributed by atoms with Crippen molar-refractivity contribution in [3.63, 3.8) is 0 Å². The van der Waals surface area contributed by atoms with Crippen molar-refractivity contribution in [3.05, 3.63) is 48.2 Å². The summed E-state index contributed by atoms with van der Waals surface area (Å²) < 4.78 is 1.64. The number of benzene rings is 1. The lowest BCUT2D eigenvalue weighted by atomic mass is 10.1. The fourth-order valence-corrected chi connectivity index (χ4v) is 4.23. The number of carboxylic acids is 1. The highest BCUT2D eigenvalue weighted by Crippen LogP contribution is 2.23. The van der Waals surface area contributed by atoms with E-state index in [-0.39, 0.29) is 12.3 Å². The van der Waals surface area contributed by atoms with E-state index in [1.165, 1.54) is 57.8 Å². The van der Waals surface area contributed by atoms with Gasteiger partial charge in [-0.2, -0.15) is 0 Å². The molecule has 0 saturated carbocycles. The Morgan fingerprint density at radius 3 is 2.09 bits per heavy atom. The molecule has 2 rings (SSSR count). The van der Waals surface area contributed by atoms with Gasteiger partial charge >= 0.3 is 5.97 Å².